The first kappa shape index (κ1) is 12.1. The van der Waals surface area contributed by atoms with Gasteiger partial charge in [-0.25, -0.2) is 0 Å². The van der Waals surface area contributed by atoms with Crippen LogP contribution >= 0.6 is 11.6 Å². The Morgan fingerprint density at radius 2 is 2.13 bits per heavy atom. The fourth-order valence-corrected chi connectivity index (χ4v) is 1.74. The number of nitrogens with two attached hydrogens (primary N) is 1. The Hall–Kier alpha value is -0.930. The third-order valence-electron chi connectivity index (χ3n) is 2.27. The minimum absolute atomic E-state index is 0.129. The Bertz CT molecular complexity index is 329. The van der Waals surface area contributed by atoms with Crippen LogP contribution in [0.1, 0.15) is 18.4 Å². The van der Waals surface area contributed by atoms with Crippen LogP contribution in [0.15, 0.2) is 12.1 Å². The average molecular weight is 230 g/mol. The van der Waals surface area contributed by atoms with Gasteiger partial charge in [0.05, 0.1) is 7.11 Å². The normalized spacial score (nSPS) is 10.3. The monoisotopic (exact) mass is 229 g/mol. The molecule has 0 aromatic heterocycles. The highest BCUT2D eigenvalue weighted by Crippen LogP contribution is 2.35. The van der Waals surface area contributed by atoms with E-state index in [4.69, 9.17) is 22.1 Å². The maximum atomic E-state index is 9.56. The van der Waals surface area contributed by atoms with Crippen LogP contribution < -0.4 is 10.5 Å². The van der Waals surface area contributed by atoms with Crippen molar-refractivity contribution in [2.75, 3.05) is 13.7 Å². The van der Waals surface area contributed by atoms with Gasteiger partial charge in [0.15, 0.2) is 11.5 Å². The number of phenolic OH excluding ortho intramolecular Hbond substituents is 1. The van der Waals surface area contributed by atoms with Gasteiger partial charge in [-0.2, -0.15) is 0 Å². The summed E-state index contributed by atoms with van der Waals surface area (Å²) in [7, 11) is 1.53. The van der Waals surface area contributed by atoms with Crippen molar-refractivity contribution >= 4 is 11.6 Å². The maximum absolute atomic E-state index is 9.56. The van der Waals surface area contributed by atoms with Crippen LogP contribution in [0.3, 0.4) is 0 Å². The second-order valence-electron chi connectivity index (χ2n) is 3.32. The molecule has 0 aliphatic heterocycles. The molecule has 15 heavy (non-hydrogen) atoms. The van der Waals surface area contributed by atoms with Crippen molar-refractivity contribution in [3.8, 4) is 11.5 Å². The van der Waals surface area contributed by atoms with Crippen LogP contribution in [0.4, 0.5) is 0 Å². The van der Waals surface area contributed by atoms with E-state index in [9.17, 15) is 5.11 Å². The number of methoxy groups -OCH3 is 1. The first-order valence-corrected chi connectivity index (χ1v) is 5.33. The minimum Gasteiger partial charge on any atom is -0.504 e. The molecule has 3 N–H and O–H groups in total. The minimum atomic E-state index is 0.129. The van der Waals surface area contributed by atoms with Gasteiger partial charge in [-0.3, -0.25) is 0 Å². The number of aromatic hydroxyl groups is 1. The molecule has 0 saturated heterocycles. The highest BCUT2D eigenvalue weighted by atomic mass is 35.5. The summed E-state index contributed by atoms with van der Waals surface area (Å²) < 4.78 is 5.12. The van der Waals surface area contributed by atoms with E-state index in [-0.39, 0.29) is 5.75 Å². The fraction of sp³-hybridized carbons (Fsp3) is 0.455. The third-order valence-corrected chi connectivity index (χ3v) is 2.62. The van der Waals surface area contributed by atoms with Crippen molar-refractivity contribution in [1.82, 2.24) is 0 Å². The summed E-state index contributed by atoms with van der Waals surface area (Å²) >= 11 is 6.04. The van der Waals surface area contributed by atoms with Crippen LogP contribution in [-0.2, 0) is 6.42 Å². The van der Waals surface area contributed by atoms with Crippen LogP contribution in [0, 0.1) is 0 Å². The second kappa shape index (κ2) is 5.83. The van der Waals surface area contributed by atoms with Crippen LogP contribution in [0.2, 0.25) is 5.02 Å². The molecule has 0 amide bonds. The molecule has 1 aromatic carbocycles. The van der Waals surface area contributed by atoms with Gasteiger partial charge in [0.25, 0.3) is 0 Å². The molecule has 4 heteroatoms. The molecule has 0 aliphatic carbocycles. The molecule has 0 spiro atoms. The molecule has 1 aromatic rings. The molecule has 84 valence electrons. The lowest BCUT2D eigenvalue weighted by atomic mass is 10.1. The van der Waals surface area contributed by atoms with Crippen molar-refractivity contribution in [2.45, 2.75) is 19.3 Å². The van der Waals surface area contributed by atoms with E-state index in [1.165, 1.54) is 13.2 Å². The SMILES string of the molecule is COc1c(O)ccc(Cl)c1CCCCN. The van der Waals surface area contributed by atoms with Gasteiger partial charge in [-0.15, -0.1) is 0 Å². The summed E-state index contributed by atoms with van der Waals surface area (Å²) in [6, 6.07) is 3.21. The van der Waals surface area contributed by atoms with Crippen molar-refractivity contribution in [3.05, 3.63) is 22.7 Å². The van der Waals surface area contributed by atoms with Crippen molar-refractivity contribution in [3.63, 3.8) is 0 Å². The topological polar surface area (TPSA) is 55.5 Å². The zero-order chi connectivity index (χ0) is 11.3. The highest BCUT2D eigenvalue weighted by molar-refractivity contribution is 6.31. The zero-order valence-corrected chi connectivity index (χ0v) is 9.55. The number of halogens is 1. The van der Waals surface area contributed by atoms with Gasteiger partial charge in [0.2, 0.25) is 0 Å². The molecule has 0 aliphatic rings. The molecule has 0 radical (unpaired) electrons. The Kier molecular flexibility index (Phi) is 4.72. The first-order valence-electron chi connectivity index (χ1n) is 4.95. The number of rotatable bonds is 5. The molecule has 0 fully saturated rings. The smallest absolute Gasteiger partial charge is 0.165 e. The van der Waals surface area contributed by atoms with E-state index < -0.39 is 0 Å². The largest absolute Gasteiger partial charge is 0.504 e. The number of phenols is 1. The summed E-state index contributed by atoms with van der Waals surface area (Å²) in [5.41, 5.74) is 6.27. The lowest BCUT2D eigenvalue weighted by Crippen LogP contribution is -2.00. The lowest BCUT2D eigenvalue weighted by Gasteiger charge is -2.11. The fourth-order valence-electron chi connectivity index (χ4n) is 1.50. The summed E-state index contributed by atoms with van der Waals surface area (Å²) in [5, 5.41) is 10.2. The molecule has 0 heterocycles. The van der Waals surface area contributed by atoms with Crippen molar-refractivity contribution in [1.29, 1.82) is 0 Å². The van der Waals surface area contributed by atoms with Gasteiger partial charge in [-0.05, 0) is 37.9 Å². The number of hydrogen-bond acceptors (Lipinski definition) is 3. The van der Waals surface area contributed by atoms with Gasteiger partial charge in [0, 0.05) is 10.6 Å². The summed E-state index contributed by atoms with van der Waals surface area (Å²) in [5.74, 6) is 0.601. The Labute approximate surface area is 94.8 Å². The second-order valence-corrected chi connectivity index (χ2v) is 3.73. The molecule has 3 nitrogen and oxygen atoms in total. The van der Waals surface area contributed by atoms with E-state index in [0.29, 0.717) is 17.3 Å². The molecule has 1 rings (SSSR count). The first-order chi connectivity index (χ1) is 7.20. The van der Waals surface area contributed by atoms with Gasteiger partial charge < -0.3 is 15.6 Å². The van der Waals surface area contributed by atoms with Crippen LogP contribution in [0.25, 0.3) is 0 Å². The maximum Gasteiger partial charge on any atom is 0.165 e. The van der Waals surface area contributed by atoms with Crippen molar-refractivity contribution in [2.24, 2.45) is 5.73 Å². The quantitative estimate of drug-likeness (QED) is 0.762. The molecule has 0 saturated carbocycles. The molecular formula is C11H16ClNO2. The third kappa shape index (κ3) is 3.01. The van der Waals surface area contributed by atoms with Crippen LogP contribution in [-0.4, -0.2) is 18.8 Å². The molecule has 0 atom stereocenters. The summed E-state index contributed by atoms with van der Waals surface area (Å²) in [6.45, 7) is 0.665. The van der Waals surface area contributed by atoms with E-state index in [0.717, 1.165) is 24.8 Å². The molecular weight excluding hydrogens is 214 g/mol. The van der Waals surface area contributed by atoms with E-state index in [1.807, 2.05) is 0 Å². The predicted octanol–water partition coefficient (Wildman–Crippen LogP) is 2.34. The molecule has 0 unspecified atom stereocenters. The number of unbranched alkanes of at least 4 members (excludes halogenated alkanes) is 1. The van der Waals surface area contributed by atoms with E-state index in [2.05, 4.69) is 0 Å². The predicted molar refractivity (Wildman–Crippen MR) is 61.7 cm³/mol. The highest BCUT2D eigenvalue weighted by Gasteiger charge is 2.11. The van der Waals surface area contributed by atoms with Gasteiger partial charge in [0.1, 0.15) is 0 Å². The Morgan fingerprint density at radius 3 is 2.73 bits per heavy atom. The number of ether oxygens (including phenoxy) is 1. The average Bonchev–Trinajstić information content (AvgIpc) is 2.23. The van der Waals surface area contributed by atoms with Gasteiger partial charge >= 0.3 is 0 Å². The lowest BCUT2D eigenvalue weighted by molar-refractivity contribution is 0.369. The molecule has 0 bridgehead atoms. The van der Waals surface area contributed by atoms with E-state index >= 15 is 0 Å². The Balaban J connectivity index is 2.87. The summed E-state index contributed by atoms with van der Waals surface area (Å²) in [6.07, 6.45) is 2.65. The number of benzene rings is 1. The van der Waals surface area contributed by atoms with E-state index in [1.54, 1.807) is 6.07 Å². The van der Waals surface area contributed by atoms with Gasteiger partial charge in [-0.1, -0.05) is 11.6 Å². The summed E-state index contributed by atoms with van der Waals surface area (Å²) in [4.78, 5) is 0. The number of hydrogen-bond donors (Lipinski definition) is 2. The van der Waals surface area contributed by atoms with Crippen LogP contribution in [0.5, 0.6) is 11.5 Å². The Morgan fingerprint density at radius 1 is 1.40 bits per heavy atom. The standard InChI is InChI=1S/C11H16ClNO2/c1-15-11-8(4-2-3-7-13)9(12)5-6-10(11)14/h5-6,14H,2-4,7,13H2,1H3. The zero-order valence-electron chi connectivity index (χ0n) is 8.79. The van der Waals surface area contributed by atoms with Crippen molar-refractivity contribution < 1.29 is 9.84 Å².